The molecule has 106 valence electrons. The van der Waals surface area contributed by atoms with E-state index in [0.29, 0.717) is 17.6 Å². The van der Waals surface area contributed by atoms with Crippen molar-refractivity contribution in [2.75, 3.05) is 0 Å². The van der Waals surface area contributed by atoms with E-state index in [-0.39, 0.29) is 11.3 Å². The van der Waals surface area contributed by atoms with Crippen LogP contribution in [0.4, 0.5) is 0 Å². The fourth-order valence-electron chi connectivity index (χ4n) is 2.29. The number of nitrogens with zero attached hydrogens (tertiary/aromatic N) is 2. The summed E-state index contributed by atoms with van der Waals surface area (Å²) in [5.41, 5.74) is 3.06. The van der Waals surface area contributed by atoms with Crippen molar-refractivity contribution in [3.8, 4) is 0 Å². The van der Waals surface area contributed by atoms with Crippen LogP contribution in [0.2, 0.25) is 0 Å². The maximum Gasteiger partial charge on any atom is 0.335 e. The molecule has 0 aliphatic heterocycles. The van der Waals surface area contributed by atoms with E-state index in [4.69, 9.17) is 5.11 Å². The quantitative estimate of drug-likeness (QED) is 0.767. The van der Waals surface area contributed by atoms with Crippen molar-refractivity contribution in [2.45, 2.75) is 13.5 Å². The number of carboxylic acids is 1. The Bertz CT molecular complexity index is 893. The number of imidazole rings is 1. The number of aromatic nitrogens is 3. The number of aromatic carboxylic acids is 1. The second-order valence-corrected chi connectivity index (χ2v) is 4.86. The average molecular weight is 283 g/mol. The normalized spacial score (nSPS) is 10.9. The molecule has 0 radical (unpaired) electrons. The average Bonchev–Trinajstić information content (AvgIpc) is 2.76. The van der Waals surface area contributed by atoms with Crippen LogP contribution in [-0.4, -0.2) is 25.6 Å². The highest BCUT2D eigenvalue weighted by Gasteiger charge is 2.11. The molecule has 3 aromatic rings. The van der Waals surface area contributed by atoms with Gasteiger partial charge in [-0.2, -0.15) is 0 Å². The van der Waals surface area contributed by atoms with Crippen LogP contribution >= 0.6 is 0 Å². The minimum Gasteiger partial charge on any atom is -0.478 e. The van der Waals surface area contributed by atoms with Crippen molar-refractivity contribution in [1.29, 1.82) is 0 Å². The SMILES string of the molecule is Cc1ccncc1Cn1c(=O)[nH]c2cc(C(=O)O)ccc21. The van der Waals surface area contributed by atoms with Crippen molar-refractivity contribution < 1.29 is 9.90 Å². The number of nitrogens with one attached hydrogen (secondary N) is 1. The number of benzene rings is 1. The third-order valence-corrected chi connectivity index (χ3v) is 3.50. The van der Waals surface area contributed by atoms with Crippen molar-refractivity contribution in [3.05, 3.63) is 63.8 Å². The summed E-state index contributed by atoms with van der Waals surface area (Å²) in [6.07, 6.45) is 3.43. The number of carboxylic acid groups (broad SMARTS) is 1. The summed E-state index contributed by atoms with van der Waals surface area (Å²) < 4.78 is 1.57. The lowest BCUT2D eigenvalue weighted by atomic mass is 10.1. The molecular weight excluding hydrogens is 270 g/mol. The molecule has 21 heavy (non-hydrogen) atoms. The van der Waals surface area contributed by atoms with Crippen LogP contribution in [-0.2, 0) is 6.54 Å². The van der Waals surface area contributed by atoms with E-state index in [1.807, 2.05) is 13.0 Å². The molecule has 2 aromatic heterocycles. The van der Waals surface area contributed by atoms with Gasteiger partial charge in [0.05, 0.1) is 23.1 Å². The molecule has 0 unspecified atom stereocenters. The van der Waals surface area contributed by atoms with E-state index < -0.39 is 5.97 Å². The van der Waals surface area contributed by atoms with Gasteiger partial charge in [0.15, 0.2) is 0 Å². The number of aryl methyl sites for hydroxylation is 1. The largest absolute Gasteiger partial charge is 0.478 e. The van der Waals surface area contributed by atoms with Gasteiger partial charge in [0.2, 0.25) is 0 Å². The standard InChI is InChI=1S/C15H13N3O3/c1-9-4-5-16-7-11(9)8-18-13-3-2-10(14(19)20)6-12(13)17-15(18)21/h2-7H,8H2,1H3,(H,17,21)(H,19,20). The van der Waals surface area contributed by atoms with Crippen molar-refractivity contribution in [3.63, 3.8) is 0 Å². The highest BCUT2D eigenvalue weighted by molar-refractivity contribution is 5.92. The summed E-state index contributed by atoms with van der Waals surface area (Å²) in [5, 5.41) is 8.98. The molecule has 2 N–H and O–H groups in total. The second-order valence-electron chi connectivity index (χ2n) is 4.86. The van der Waals surface area contributed by atoms with Gasteiger partial charge < -0.3 is 10.1 Å². The molecule has 0 atom stereocenters. The molecule has 0 amide bonds. The molecule has 0 bridgehead atoms. The van der Waals surface area contributed by atoms with Gasteiger partial charge in [-0.3, -0.25) is 9.55 Å². The summed E-state index contributed by atoms with van der Waals surface area (Å²) in [7, 11) is 0. The fraction of sp³-hybridized carbons (Fsp3) is 0.133. The molecule has 0 spiro atoms. The summed E-state index contributed by atoms with van der Waals surface area (Å²) in [6, 6.07) is 6.48. The number of aromatic amines is 1. The maximum atomic E-state index is 12.1. The molecule has 0 saturated carbocycles. The van der Waals surface area contributed by atoms with Crippen LogP contribution in [0.5, 0.6) is 0 Å². The van der Waals surface area contributed by atoms with Crippen molar-refractivity contribution in [2.24, 2.45) is 0 Å². The maximum absolute atomic E-state index is 12.1. The van der Waals surface area contributed by atoms with Gasteiger partial charge in [-0.05, 0) is 42.3 Å². The second kappa shape index (κ2) is 4.90. The molecule has 6 heteroatoms. The number of fused-ring (bicyclic) bond motifs is 1. The third kappa shape index (κ3) is 2.31. The van der Waals surface area contributed by atoms with E-state index in [1.165, 1.54) is 12.1 Å². The number of H-pyrrole nitrogens is 1. The van der Waals surface area contributed by atoms with E-state index in [1.54, 1.807) is 23.0 Å². The summed E-state index contributed by atoms with van der Waals surface area (Å²) in [4.78, 5) is 29.8. The minimum atomic E-state index is -1.02. The first-order valence-electron chi connectivity index (χ1n) is 6.41. The fourth-order valence-corrected chi connectivity index (χ4v) is 2.29. The molecule has 1 aromatic carbocycles. The van der Waals surface area contributed by atoms with Gasteiger partial charge in [-0.1, -0.05) is 0 Å². The minimum absolute atomic E-state index is 0.147. The Morgan fingerprint density at radius 3 is 2.90 bits per heavy atom. The topological polar surface area (TPSA) is 88.0 Å². The van der Waals surface area contributed by atoms with Crippen LogP contribution in [0.3, 0.4) is 0 Å². The Balaban J connectivity index is 2.11. The first-order chi connectivity index (χ1) is 10.1. The third-order valence-electron chi connectivity index (χ3n) is 3.50. The number of rotatable bonds is 3. The zero-order chi connectivity index (χ0) is 15.0. The predicted octanol–water partition coefficient (Wildman–Crippen LogP) is 1.78. The van der Waals surface area contributed by atoms with E-state index in [0.717, 1.165) is 11.1 Å². The van der Waals surface area contributed by atoms with Gasteiger partial charge >= 0.3 is 11.7 Å². The number of carbonyl (C=O) groups is 1. The monoisotopic (exact) mass is 283 g/mol. The van der Waals surface area contributed by atoms with Crippen LogP contribution in [0.15, 0.2) is 41.5 Å². The Morgan fingerprint density at radius 2 is 2.19 bits per heavy atom. The van der Waals surface area contributed by atoms with Crippen molar-refractivity contribution in [1.82, 2.24) is 14.5 Å². The first-order valence-corrected chi connectivity index (χ1v) is 6.41. The van der Waals surface area contributed by atoms with Gasteiger partial charge in [0.25, 0.3) is 0 Å². The van der Waals surface area contributed by atoms with E-state index in [9.17, 15) is 9.59 Å². The number of hydrogen-bond acceptors (Lipinski definition) is 3. The van der Waals surface area contributed by atoms with Gasteiger partial charge in [0.1, 0.15) is 0 Å². The van der Waals surface area contributed by atoms with Crippen LogP contribution in [0.1, 0.15) is 21.5 Å². The molecule has 0 aliphatic rings. The molecule has 0 saturated heterocycles. The number of hydrogen-bond donors (Lipinski definition) is 2. The number of pyridine rings is 1. The lowest BCUT2D eigenvalue weighted by Crippen LogP contribution is -2.17. The van der Waals surface area contributed by atoms with Crippen molar-refractivity contribution >= 4 is 17.0 Å². The Morgan fingerprint density at radius 1 is 1.38 bits per heavy atom. The highest BCUT2D eigenvalue weighted by atomic mass is 16.4. The highest BCUT2D eigenvalue weighted by Crippen LogP contribution is 2.15. The van der Waals surface area contributed by atoms with Crippen LogP contribution in [0, 0.1) is 6.92 Å². The lowest BCUT2D eigenvalue weighted by Gasteiger charge is -2.06. The summed E-state index contributed by atoms with van der Waals surface area (Å²) in [5.74, 6) is -1.02. The van der Waals surface area contributed by atoms with Crippen LogP contribution < -0.4 is 5.69 Å². The van der Waals surface area contributed by atoms with E-state index >= 15 is 0 Å². The van der Waals surface area contributed by atoms with Gasteiger partial charge in [0, 0.05) is 12.4 Å². The van der Waals surface area contributed by atoms with E-state index in [2.05, 4.69) is 9.97 Å². The first kappa shape index (κ1) is 13.1. The summed E-state index contributed by atoms with van der Waals surface area (Å²) in [6.45, 7) is 2.35. The molecule has 3 rings (SSSR count). The smallest absolute Gasteiger partial charge is 0.335 e. The molecule has 0 aliphatic carbocycles. The zero-order valence-corrected chi connectivity index (χ0v) is 11.3. The molecule has 6 nitrogen and oxygen atoms in total. The van der Waals surface area contributed by atoms with Gasteiger partial charge in [-0.15, -0.1) is 0 Å². The Labute approximate surface area is 119 Å². The Hall–Kier alpha value is -2.89. The molecular formula is C15H13N3O3. The molecule has 0 fully saturated rings. The van der Waals surface area contributed by atoms with Gasteiger partial charge in [-0.25, -0.2) is 9.59 Å². The van der Waals surface area contributed by atoms with Crippen LogP contribution in [0.25, 0.3) is 11.0 Å². The predicted molar refractivity (Wildman–Crippen MR) is 77.6 cm³/mol. The molecule has 2 heterocycles. The lowest BCUT2D eigenvalue weighted by molar-refractivity contribution is 0.0697. The Kier molecular flexibility index (Phi) is 3.06. The zero-order valence-electron chi connectivity index (χ0n) is 11.3. The summed E-state index contributed by atoms with van der Waals surface area (Å²) >= 11 is 0.